The standard InChI is InChI=1S/C25H24N4O2/c1-15-11-16(2)13-19(12-15)27-25(31)28-22-10-9-20(14-17(22)3)29-18(4)26-23-8-6-5-7-21(23)24(29)30/h5-14H,1-4H3,(H2,27,28,31). The Morgan fingerprint density at radius 2 is 1.58 bits per heavy atom. The number of rotatable bonds is 3. The van der Waals surface area contributed by atoms with Gasteiger partial charge in [0.15, 0.2) is 0 Å². The normalized spacial score (nSPS) is 10.8. The van der Waals surface area contributed by atoms with Gasteiger partial charge in [-0.05, 0) is 86.8 Å². The summed E-state index contributed by atoms with van der Waals surface area (Å²) in [5.41, 5.74) is 5.70. The van der Waals surface area contributed by atoms with Crippen LogP contribution in [-0.4, -0.2) is 15.6 Å². The predicted octanol–water partition coefficient (Wildman–Crippen LogP) is 5.26. The van der Waals surface area contributed by atoms with Crippen LogP contribution >= 0.6 is 0 Å². The Kier molecular flexibility index (Phi) is 5.29. The van der Waals surface area contributed by atoms with E-state index < -0.39 is 0 Å². The quantitative estimate of drug-likeness (QED) is 0.482. The van der Waals surface area contributed by atoms with Crippen molar-refractivity contribution < 1.29 is 4.79 Å². The van der Waals surface area contributed by atoms with Gasteiger partial charge in [0.25, 0.3) is 5.56 Å². The number of hydrogen-bond donors (Lipinski definition) is 2. The predicted molar refractivity (Wildman–Crippen MR) is 125 cm³/mol. The van der Waals surface area contributed by atoms with Crippen LogP contribution in [0.2, 0.25) is 0 Å². The molecule has 0 aliphatic heterocycles. The lowest BCUT2D eigenvalue weighted by atomic mass is 10.1. The third-order valence-electron chi connectivity index (χ3n) is 5.14. The summed E-state index contributed by atoms with van der Waals surface area (Å²) in [6.45, 7) is 7.69. The molecule has 156 valence electrons. The zero-order valence-corrected chi connectivity index (χ0v) is 18.0. The van der Waals surface area contributed by atoms with Crippen molar-refractivity contribution in [3.8, 4) is 5.69 Å². The number of anilines is 2. The zero-order valence-electron chi connectivity index (χ0n) is 18.0. The Morgan fingerprint density at radius 1 is 0.871 bits per heavy atom. The van der Waals surface area contributed by atoms with Gasteiger partial charge in [0.2, 0.25) is 0 Å². The third kappa shape index (κ3) is 4.19. The van der Waals surface area contributed by atoms with E-state index in [0.717, 1.165) is 22.4 Å². The van der Waals surface area contributed by atoms with Crippen LogP contribution in [0.1, 0.15) is 22.5 Å². The minimum Gasteiger partial charge on any atom is -0.308 e. The molecular weight excluding hydrogens is 388 g/mol. The van der Waals surface area contributed by atoms with Crippen LogP contribution in [0.15, 0.2) is 65.5 Å². The average molecular weight is 412 g/mol. The van der Waals surface area contributed by atoms with Gasteiger partial charge in [-0.2, -0.15) is 0 Å². The summed E-state index contributed by atoms with van der Waals surface area (Å²) >= 11 is 0. The first kappa shape index (κ1) is 20.3. The fourth-order valence-electron chi connectivity index (χ4n) is 3.81. The molecule has 0 fully saturated rings. The Hall–Kier alpha value is -3.93. The molecule has 0 unspecified atom stereocenters. The molecule has 31 heavy (non-hydrogen) atoms. The van der Waals surface area contributed by atoms with Crippen LogP contribution in [0.4, 0.5) is 16.2 Å². The molecule has 0 bridgehead atoms. The molecule has 0 atom stereocenters. The molecule has 1 heterocycles. The van der Waals surface area contributed by atoms with Gasteiger partial charge in [-0.25, -0.2) is 9.78 Å². The first-order valence-corrected chi connectivity index (χ1v) is 10.1. The molecule has 2 N–H and O–H groups in total. The third-order valence-corrected chi connectivity index (χ3v) is 5.14. The van der Waals surface area contributed by atoms with Crippen molar-refractivity contribution in [2.75, 3.05) is 10.6 Å². The number of carbonyl (C=O) groups excluding carboxylic acids is 1. The summed E-state index contributed by atoms with van der Waals surface area (Å²) < 4.78 is 1.59. The van der Waals surface area contributed by atoms with Crippen molar-refractivity contribution in [3.63, 3.8) is 0 Å². The second-order valence-electron chi connectivity index (χ2n) is 7.77. The maximum Gasteiger partial charge on any atom is 0.323 e. The van der Waals surface area contributed by atoms with E-state index >= 15 is 0 Å². The molecule has 6 heteroatoms. The maximum atomic E-state index is 13.0. The molecule has 0 aliphatic carbocycles. The maximum absolute atomic E-state index is 13.0. The van der Waals surface area contributed by atoms with Gasteiger partial charge < -0.3 is 10.6 Å². The van der Waals surface area contributed by atoms with Crippen molar-refractivity contribution in [2.45, 2.75) is 27.7 Å². The average Bonchev–Trinajstić information content (AvgIpc) is 2.69. The first-order valence-electron chi connectivity index (χ1n) is 10.1. The number of carbonyl (C=O) groups is 1. The number of nitrogens with one attached hydrogen (secondary N) is 2. The van der Waals surface area contributed by atoms with Crippen molar-refractivity contribution in [1.82, 2.24) is 9.55 Å². The molecule has 4 rings (SSSR count). The largest absolute Gasteiger partial charge is 0.323 e. The molecule has 4 aromatic rings. The minimum atomic E-state index is -0.318. The minimum absolute atomic E-state index is 0.115. The number of aryl methyl sites for hydroxylation is 4. The fourth-order valence-corrected chi connectivity index (χ4v) is 3.81. The van der Waals surface area contributed by atoms with E-state index in [1.807, 2.05) is 70.2 Å². The van der Waals surface area contributed by atoms with E-state index in [9.17, 15) is 9.59 Å². The van der Waals surface area contributed by atoms with Crippen molar-refractivity contribution in [1.29, 1.82) is 0 Å². The number of hydrogen-bond acceptors (Lipinski definition) is 3. The smallest absolute Gasteiger partial charge is 0.308 e. The summed E-state index contributed by atoms with van der Waals surface area (Å²) in [7, 11) is 0. The topological polar surface area (TPSA) is 76.0 Å². The summed E-state index contributed by atoms with van der Waals surface area (Å²) in [5, 5.41) is 6.32. The van der Waals surface area contributed by atoms with E-state index in [4.69, 9.17) is 0 Å². The highest BCUT2D eigenvalue weighted by Crippen LogP contribution is 2.21. The first-order chi connectivity index (χ1) is 14.8. The van der Waals surface area contributed by atoms with Crippen LogP contribution in [0.5, 0.6) is 0 Å². The highest BCUT2D eigenvalue weighted by atomic mass is 16.2. The number of urea groups is 1. The number of para-hydroxylation sites is 1. The molecule has 0 aliphatic rings. The molecule has 6 nitrogen and oxygen atoms in total. The Labute approximate surface area is 180 Å². The van der Waals surface area contributed by atoms with Crippen LogP contribution in [0.3, 0.4) is 0 Å². The molecule has 0 radical (unpaired) electrons. The summed E-state index contributed by atoms with van der Waals surface area (Å²) in [4.78, 5) is 30.1. The lowest BCUT2D eigenvalue weighted by Crippen LogP contribution is -2.23. The van der Waals surface area contributed by atoms with Crippen molar-refractivity contribution >= 4 is 28.3 Å². The number of aromatic nitrogens is 2. The van der Waals surface area contributed by atoms with Crippen molar-refractivity contribution in [3.05, 3.63) is 93.5 Å². The van der Waals surface area contributed by atoms with Gasteiger partial charge in [0.1, 0.15) is 5.82 Å². The Morgan fingerprint density at radius 3 is 2.29 bits per heavy atom. The van der Waals surface area contributed by atoms with E-state index in [1.165, 1.54) is 0 Å². The molecule has 2 amide bonds. The second kappa shape index (κ2) is 8.07. The number of fused-ring (bicyclic) bond motifs is 1. The molecule has 0 saturated carbocycles. The van der Waals surface area contributed by atoms with Gasteiger partial charge in [-0.1, -0.05) is 18.2 Å². The SMILES string of the molecule is Cc1cc(C)cc(NC(=O)Nc2ccc(-n3c(C)nc4ccccc4c3=O)cc2C)c1. The molecule has 1 aromatic heterocycles. The highest BCUT2D eigenvalue weighted by molar-refractivity contribution is 6.00. The molecule has 0 spiro atoms. The molecular formula is C25H24N4O2. The summed E-state index contributed by atoms with van der Waals surface area (Å²) in [6.07, 6.45) is 0. The lowest BCUT2D eigenvalue weighted by Gasteiger charge is -2.14. The van der Waals surface area contributed by atoms with Gasteiger partial charge in [0, 0.05) is 11.4 Å². The monoisotopic (exact) mass is 412 g/mol. The molecule has 0 saturated heterocycles. The lowest BCUT2D eigenvalue weighted by molar-refractivity contribution is 0.262. The number of nitrogens with zero attached hydrogens (tertiary/aromatic N) is 2. The summed E-state index contributed by atoms with van der Waals surface area (Å²) in [6, 6.07) is 18.4. The molecule has 3 aromatic carbocycles. The van der Waals surface area contributed by atoms with E-state index in [1.54, 1.807) is 16.7 Å². The van der Waals surface area contributed by atoms with Gasteiger partial charge >= 0.3 is 6.03 Å². The van der Waals surface area contributed by atoms with Gasteiger partial charge in [-0.3, -0.25) is 9.36 Å². The van der Waals surface area contributed by atoms with E-state index in [0.29, 0.717) is 28.1 Å². The van der Waals surface area contributed by atoms with Gasteiger partial charge in [-0.15, -0.1) is 0 Å². The fraction of sp³-hybridized carbons (Fsp3) is 0.160. The Bertz CT molecular complexity index is 1350. The Balaban J connectivity index is 1.61. The summed E-state index contributed by atoms with van der Waals surface area (Å²) in [5.74, 6) is 0.608. The van der Waals surface area contributed by atoms with Crippen LogP contribution in [0.25, 0.3) is 16.6 Å². The second-order valence-corrected chi connectivity index (χ2v) is 7.77. The van der Waals surface area contributed by atoms with Crippen LogP contribution < -0.4 is 16.2 Å². The van der Waals surface area contributed by atoms with Crippen molar-refractivity contribution in [2.24, 2.45) is 0 Å². The number of benzene rings is 3. The van der Waals surface area contributed by atoms with E-state index in [2.05, 4.69) is 21.7 Å². The van der Waals surface area contributed by atoms with E-state index in [-0.39, 0.29) is 11.6 Å². The highest BCUT2D eigenvalue weighted by Gasteiger charge is 2.12. The number of amides is 2. The van der Waals surface area contributed by atoms with Crippen LogP contribution in [0, 0.1) is 27.7 Å². The van der Waals surface area contributed by atoms with Crippen LogP contribution in [-0.2, 0) is 0 Å². The van der Waals surface area contributed by atoms with Gasteiger partial charge in [0.05, 0.1) is 16.6 Å². The zero-order chi connectivity index (χ0) is 22.1.